The van der Waals surface area contributed by atoms with Crippen LogP contribution in [0.25, 0.3) is 0 Å². The fraction of sp³-hybridized carbons (Fsp3) is 0.0714. The molecule has 0 atom stereocenters. The number of nitrogens with one attached hydrogen (secondary N) is 1. The summed E-state index contributed by atoms with van der Waals surface area (Å²) in [6, 6.07) is 19.0. The molecule has 0 saturated heterocycles. The van der Waals surface area contributed by atoms with Crippen LogP contribution in [0.4, 0.5) is 5.69 Å². The average Bonchev–Trinajstić information content (AvgIpc) is 2.39. The summed E-state index contributed by atoms with van der Waals surface area (Å²) < 4.78 is 0. The van der Waals surface area contributed by atoms with Gasteiger partial charge in [-0.25, -0.2) is 4.99 Å². The largest absolute Gasteiger partial charge is 0.217 e. The number of rotatable bonds is 1. The Morgan fingerprint density at radius 2 is 1.62 bits per heavy atom. The van der Waals surface area contributed by atoms with Crippen LogP contribution in [0.15, 0.2) is 59.5 Å². The molecule has 0 spiro atoms. The third-order valence-corrected chi connectivity index (χ3v) is 3.77. The van der Waals surface area contributed by atoms with E-state index in [9.17, 15) is 0 Å². The predicted molar refractivity (Wildman–Crippen MR) is 68.3 cm³/mol. The lowest BCUT2D eigenvalue weighted by Gasteiger charge is -2.08. The minimum atomic E-state index is 1.01. The van der Waals surface area contributed by atoms with Gasteiger partial charge in [0.05, 0.1) is 10.6 Å². The number of thioether (sulfide) groups is 1. The molecule has 0 saturated carbocycles. The Morgan fingerprint density at radius 3 is 2.50 bits per heavy atom. The molecule has 0 fully saturated rings. The first kappa shape index (κ1) is 9.67. The highest BCUT2D eigenvalue weighted by Gasteiger charge is 2.19. The summed E-state index contributed by atoms with van der Waals surface area (Å²) in [6.45, 7) is 0. The number of hydrogen-bond acceptors (Lipinski definition) is 1. The molecule has 2 heteroatoms. The molecule has 0 bridgehead atoms. The van der Waals surface area contributed by atoms with Crippen molar-refractivity contribution in [1.82, 2.24) is 0 Å². The van der Waals surface area contributed by atoms with E-state index >= 15 is 0 Å². The first-order valence-electron chi connectivity index (χ1n) is 5.33. The minimum Gasteiger partial charge on any atom is -0.207 e. The van der Waals surface area contributed by atoms with Crippen LogP contribution >= 0.6 is 11.8 Å². The number of hydrogen-bond donors (Lipinski definition) is 1. The Hall–Kier alpha value is -1.54. The lowest BCUT2D eigenvalue weighted by Crippen LogP contribution is -2.69. The molecule has 0 radical (unpaired) electrons. The number of para-hydroxylation sites is 1. The summed E-state index contributed by atoms with van der Waals surface area (Å²) in [4.78, 5) is 4.84. The van der Waals surface area contributed by atoms with Gasteiger partial charge in [-0.2, -0.15) is 0 Å². The zero-order valence-electron chi connectivity index (χ0n) is 8.81. The maximum atomic E-state index is 3.51. The molecule has 16 heavy (non-hydrogen) atoms. The molecule has 0 aliphatic carbocycles. The molecule has 1 nitrogen and oxygen atoms in total. The molecular formula is C14H12NS+. The Labute approximate surface area is 99.2 Å². The molecule has 1 heterocycles. The van der Waals surface area contributed by atoms with Crippen molar-refractivity contribution in [3.8, 4) is 0 Å². The van der Waals surface area contributed by atoms with E-state index < -0.39 is 0 Å². The van der Waals surface area contributed by atoms with Crippen molar-refractivity contribution in [1.29, 1.82) is 0 Å². The fourth-order valence-electron chi connectivity index (χ4n) is 1.84. The summed E-state index contributed by atoms with van der Waals surface area (Å²) in [5.74, 6) is 1.01. The van der Waals surface area contributed by atoms with Crippen molar-refractivity contribution in [2.24, 2.45) is 0 Å². The zero-order valence-corrected chi connectivity index (χ0v) is 9.63. The van der Waals surface area contributed by atoms with Gasteiger partial charge in [0.1, 0.15) is 0 Å². The van der Waals surface area contributed by atoms with Crippen LogP contribution in [0.3, 0.4) is 0 Å². The van der Waals surface area contributed by atoms with E-state index in [1.807, 2.05) is 17.8 Å². The van der Waals surface area contributed by atoms with E-state index in [0.717, 1.165) is 5.75 Å². The zero-order chi connectivity index (χ0) is 10.8. The fourth-order valence-corrected chi connectivity index (χ4v) is 2.83. The molecule has 0 aromatic heterocycles. The normalized spacial score (nSPS) is 14.1. The lowest BCUT2D eigenvalue weighted by atomic mass is 10.1. The Kier molecular flexibility index (Phi) is 2.50. The molecule has 1 aliphatic rings. The first-order chi connectivity index (χ1) is 7.93. The van der Waals surface area contributed by atoms with Gasteiger partial charge in [-0.1, -0.05) is 30.3 Å². The Morgan fingerprint density at radius 1 is 0.875 bits per heavy atom. The van der Waals surface area contributed by atoms with E-state index in [1.165, 1.54) is 21.9 Å². The van der Waals surface area contributed by atoms with Crippen LogP contribution in [0.2, 0.25) is 0 Å². The molecule has 2 aromatic rings. The highest BCUT2D eigenvalue weighted by molar-refractivity contribution is 8.00. The van der Waals surface area contributed by atoms with Crippen molar-refractivity contribution in [3.05, 3.63) is 60.2 Å². The van der Waals surface area contributed by atoms with Crippen molar-refractivity contribution in [2.45, 2.75) is 4.90 Å². The smallest absolute Gasteiger partial charge is 0.207 e. The van der Waals surface area contributed by atoms with E-state index in [0.29, 0.717) is 0 Å². The van der Waals surface area contributed by atoms with Crippen LogP contribution in [0.5, 0.6) is 0 Å². The molecular weight excluding hydrogens is 214 g/mol. The molecule has 1 N–H and O–H groups in total. The molecule has 3 rings (SSSR count). The monoisotopic (exact) mass is 226 g/mol. The van der Waals surface area contributed by atoms with Crippen LogP contribution < -0.4 is 4.99 Å². The van der Waals surface area contributed by atoms with Crippen molar-refractivity contribution in [2.75, 3.05) is 5.75 Å². The Balaban J connectivity index is 2.04. The second kappa shape index (κ2) is 4.14. The third kappa shape index (κ3) is 1.76. The topological polar surface area (TPSA) is 14.0 Å². The second-order valence-corrected chi connectivity index (χ2v) is 4.77. The van der Waals surface area contributed by atoms with E-state index in [4.69, 9.17) is 0 Å². The molecule has 0 amide bonds. The van der Waals surface area contributed by atoms with Crippen molar-refractivity contribution in [3.63, 3.8) is 0 Å². The van der Waals surface area contributed by atoms with Gasteiger partial charge in [0.15, 0.2) is 5.71 Å². The van der Waals surface area contributed by atoms with Crippen molar-refractivity contribution >= 4 is 23.2 Å². The Bertz CT molecular complexity index is 531. The molecule has 78 valence electrons. The summed E-state index contributed by atoms with van der Waals surface area (Å²) >= 11 is 1.89. The van der Waals surface area contributed by atoms with E-state index in [1.54, 1.807) is 0 Å². The van der Waals surface area contributed by atoms with Gasteiger partial charge in [0.2, 0.25) is 5.69 Å². The van der Waals surface area contributed by atoms with Crippen molar-refractivity contribution < 1.29 is 4.99 Å². The first-order valence-corrected chi connectivity index (χ1v) is 6.32. The van der Waals surface area contributed by atoms with Gasteiger partial charge in [-0.05, 0) is 18.2 Å². The molecule has 0 unspecified atom stereocenters. The summed E-state index contributed by atoms with van der Waals surface area (Å²) in [7, 11) is 0. The maximum Gasteiger partial charge on any atom is 0.217 e. The highest BCUT2D eigenvalue weighted by Crippen LogP contribution is 2.26. The van der Waals surface area contributed by atoms with Gasteiger partial charge >= 0.3 is 0 Å². The van der Waals surface area contributed by atoms with Gasteiger partial charge in [0.25, 0.3) is 0 Å². The molecule has 2 aromatic carbocycles. The third-order valence-electron chi connectivity index (χ3n) is 2.67. The highest BCUT2D eigenvalue weighted by atomic mass is 32.2. The minimum absolute atomic E-state index is 1.01. The summed E-state index contributed by atoms with van der Waals surface area (Å²) in [6.07, 6.45) is 0. The van der Waals surface area contributed by atoms with Crippen LogP contribution in [0.1, 0.15) is 5.56 Å². The maximum absolute atomic E-state index is 3.51. The lowest BCUT2D eigenvalue weighted by molar-refractivity contribution is -0.357. The second-order valence-electron chi connectivity index (χ2n) is 3.75. The number of fused-ring (bicyclic) bond motifs is 1. The van der Waals surface area contributed by atoms with Gasteiger partial charge in [-0.3, -0.25) is 0 Å². The van der Waals surface area contributed by atoms with Gasteiger partial charge in [0, 0.05) is 11.6 Å². The van der Waals surface area contributed by atoms with Crippen LogP contribution in [-0.4, -0.2) is 11.5 Å². The predicted octanol–water partition coefficient (Wildman–Crippen LogP) is 1.99. The average molecular weight is 226 g/mol. The number of benzene rings is 2. The SMILES string of the molecule is c1ccc(C2=[NH+]c3ccccc3SC2)cc1. The summed E-state index contributed by atoms with van der Waals surface area (Å²) in [5, 5.41) is 0. The van der Waals surface area contributed by atoms with Gasteiger partial charge < -0.3 is 0 Å². The van der Waals surface area contributed by atoms with Crippen LogP contribution in [-0.2, 0) is 0 Å². The standard InChI is InChI=1S/C14H11NS/c1-2-6-11(7-3-1)13-10-16-14-9-5-4-8-12(14)15-13/h1-9H,10H2/p+1. The quantitative estimate of drug-likeness (QED) is 0.785. The van der Waals surface area contributed by atoms with E-state index in [2.05, 4.69) is 53.5 Å². The van der Waals surface area contributed by atoms with Crippen LogP contribution in [0, 0.1) is 0 Å². The summed E-state index contributed by atoms with van der Waals surface area (Å²) in [5.41, 5.74) is 3.80. The van der Waals surface area contributed by atoms with Gasteiger partial charge in [-0.15, -0.1) is 11.8 Å². The molecule has 1 aliphatic heterocycles. The van der Waals surface area contributed by atoms with E-state index in [-0.39, 0.29) is 0 Å².